The second-order valence-electron chi connectivity index (χ2n) is 10.2. The van der Waals surface area contributed by atoms with Crippen LogP contribution in [0.15, 0.2) is 176 Å². The number of hydrogen-bond acceptors (Lipinski definition) is 4. The van der Waals surface area contributed by atoms with Gasteiger partial charge in [0.15, 0.2) is 0 Å². The van der Waals surface area contributed by atoms with Crippen molar-refractivity contribution >= 4 is 0 Å². The minimum atomic E-state index is -1.09. The molecule has 0 bridgehead atoms. The molecular weight excluding hydrogens is 743 g/mol. The summed E-state index contributed by atoms with van der Waals surface area (Å²) in [6, 6.07) is 57.4. The van der Waals surface area contributed by atoms with Crippen molar-refractivity contribution in [2.45, 2.75) is 12.5 Å². The first-order chi connectivity index (χ1) is 22.1. The van der Waals surface area contributed by atoms with E-state index < -0.39 is 5.60 Å². The Morgan fingerprint density at radius 1 is 0.478 bits per heavy atom. The third-order valence-electron chi connectivity index (χ3n) is 7.02. The summed E-state index contributed by atoms with van der Waals surface area (Å²) in [5.41, 5.74) is 6.72. The summed E-state index contributed by atoms with van der Waals surface area (Å²) >= 11 is 0. The average Bonchev–Trinajstić information content (AvgIpc) is 3.14. The number of nitrogens with zero attached hydrogens (tertiary/aromatic N) is 3. The minimum Gasteiger partial charge on any atom is -0.379 e. The molecule has 229 valence electrons. The van der Waals surface area contributed by atoms with Gasteiger partial charge in [0, 0.05) is 38.7 Å². The van der Waals surface area contributed by atoms with Gasteiger partial charge >= 0.3 is 0 Å². The molecule has 0 aliphatic rings. The first-order valence-electron chi connectivity index (χ1n) is 14.7. The number of aliphatic hydroxyl groups is 1. The zero-order valence-corrected chi connectivity index (χ0v) is 27.8. The van der Waals surface area contributed by atoms with Crippen LogP contribution >= 0.6 is 0 Å². The van der Waals surface area contributed by atoms with E-state index in [1.54, 1.807) is 25.5 Å². The first-order valence-corrected chi connectivity index (χ1v) is 14.7. The van der Waals surface area contributed by atoms with E-state index in [1.807, 2.05) is 146 Å². The van der Waals surface area contributed by atoms with Crippen molar-refractivity contribution in [3.63, 3.8) is 0 Å². The Hall–Kier alpha value is -5.06. The summed E-state index contributed by atoms with van der Waals surface area (Å²) in [5, 5.41) is 10.8. The molecule has 7 aromatic rings. The summed E-state index contributed by atoms with van der Waals surface area (Å²) in [5.74, 6) is 0. The summed E-state index contributed by atoms with van der Waals surface area (Å²) in [6.45, 7) is 1.77. The molecule has 1 unspecified atom stereocenters. The van der Waals surface area contributed by atoms with Crippen LogP contribution in [0.2, 0.25) is 0 Å². The van der Waals surface area contributed by atoms with Gasteiger partial charge < -0.3 is 15.1 Å². The summed E-state index contributed by atoms with van der Waals surface area (Å²) < 4.78 is 0. The van der Waals surface area contributed by atoms with Crippen molar-refractivity contribution in [2.75, 3.05) is 0 Å². The van der Waals surface area contributed by atoms with Crippen molar-refractivity contribution in [1.29, 1.82) is 0 Å². The zero-order chi connectivity index (χ0) is 31.2. The molecule has 3 heterocycles. The van der Waals surface area contributed by atoms with Crippen molar-refractivity contribution in [2.24, 2.45) is 0 Å². The van der Waals surface area contributed by atoms with Gasteiger partial charge in [0.1, 0.15) is 5.60 Å². The van der Waals surface area contributed by atoms with Crippen LogP contribution in [0.1, 0.15) is 18.2 Å². The molecule has 4 aromatic carbocycles. The fraction of sp³-hybridized carbons (Fsp3) is 0.0488. The molecule has 1 N–H and O–H groups in total. The van der Waals surface area contributed by atoms with Gasteiger partial charge in [-0.2, -0.15) is 0 Å². The van der Waals surface area contributed by atoms with Crippen LogP contribution in [0.4, 0.5) is 0 Å². The SMILES string of the molecule is CC(O)(c1ccc(-c2ccccc2)cc1)c1ccccn1.[Ir].[c-]1ccccc1-c1ccccn1.[c-]1ccccc1-c1ccccn1. The van der Waals surface area contributed by atoms with Gasteiger partial charge in [-0.05, 0) is 59.3 Å². The van der Waals surface area contributed by atoms with Gasteiger partial charge in [-0.25, -0.2) is 0 Å². The molecule has 0 spiro atoms. The molecule has 0 fully saturated rings. The van der Waals surface area contributed by atoms with Crippen LogP contribution in [0.3, 0.4) is 0 Å². The maximum absolute atomic E-state index is 10.8. The zero-order valence-electron chi connectivity index (χ0n) is 25.4. The molecule has 0 amide bonds. The van der Waals surface area contributed by atoms with Crippen LogP contribution < -0.4 is 0 Å². The fourth-order valence-corrected chi connectivity index (χ4v) is 4.57. The van der Waals surface area contributed by atoms with E-state index in [1.165, 1.54) is 5.56 Å². The van der Waals surface area contributed by atoms with Crippen LogP contribution in [-0.2, 0) is 25.7 Å². The van der Waals surface area contributed by atoms with Crippen molar-refractivity contribution in [3.8, 4) is 33.6 Å². The maximum atomic E-state index is 10.8. The standard InChI is InChI=1S/C19H17NO.2C11H8N.Ir/c1-19(21,18-9-5-6-14-20-18)17-12-10-16(11-13-17)15-7-3-2-4-8-15;2*1-2-6-10(7-3-1)11-8-4-5-9-12-11;/h2-14,21H,1H3;2*1-6,8-9H;/q;2*-1;. The predicted octanol–water partition coefficient (Wildman–Crippen LogP) is 9.10. The molecule has 0 saturated heterocycles. The van der Waals surface area contributed by atoms with Gasteiger partial charge in [-0.15, -0.1) is 71.8 Å². The van der Waals surface area contributed by atoms with E-state index in [0.29, 0.717) is 5.69 Å². The molecule has 1 atom stereocenters. The number of benzene rings is 4. The monoisotopic (exact) mass is 776 g/mol. The number of pyridine rings is 3. The molecule has 46 heavy (non-hydrogen) atoms. The van der Waals surface area contributed by atoms with Crippen LogP contribution in [0.5, 0.6) is 0 Å². The van der Waals surface area contributed by atoms with Crippen LogP contribution in [-0.4, -0.2) is 20.1 Å². The van der Waals surface area contributed by atoms with Gasteiger partial charge in [0.05, 0.1) is 5.69 Å². The fourth-order valence-electron chi connectivity index (χ4n) is 4.57. The molecule has 1 radical (unpaired) electrons. The van der Waals surface area contributed by atoms with E-state index in [-0.39, 0.29) is 20.1 Å². The third-order valence-corrected chi connectivity index (χ3v) is 7.02. The Morgan fingerprint density at radius 3 is 1.37 bits per heavy atom. The van der Waals surface area contributed by atoms with Gasteiger partial charge in [0.2, 0.25) is 0 Å². The van der Waals surface area contributed by atoms with Crippen LogP contribution in [0, 0.1) is 12.1 Å². The Labute approximate surface area is 284 Å². The minimum absolute atomic E-state index is 0. The smallest absolute Gasteiger partial charge is 0.129 e. The van der Waals surface area contributed by atoms with E-state index >= 15 is 0 Å². The molecule has 7 rings (SSSR count). The second kappa shape index (κ2) is 17.4. The first kappa shape index (κ1) is 33.8. The predicted molar refractivity (Wildman–Crippen MR) is 182 cm³/mol. The summed E-state index contributed by atoms with van der Waals surface area (Å²) in [6.07, 6.45) is 5.27. The van der Waals surface area contributed by atoms with E-state index in [9.17, 15) is 5.11 Å². The molecule has 0 saturated carbocycles. The van der Waals surface area contributed by atoms with E-state index in [2.05, 4.69) is 39.2 Å². The van der Waals surface area contributed by atoms with Crippen molar-refractivity contribution < 1.29 is 25.2 Å². The van der Waals surface area contributed by atoms with E-state index in [4.69, 9.17) is 0 Å². The molecule has 5 heteroatoms. The van der Waals surface area contributed by atoms with Crippen molar-refractivity contribution in [1.82, 2.24) is 15.0 Å². The Morgan fingerprint density at radius 2 is 0.935 bits per heavy atom. The van der Waals surface area contributed by atoms with Gasteiger partial charge in [-0.3, -0.25) is 4.98 Å². The van der Waals surface area contributed by atoms with E-state index in [0.717, 1.165) is 33.6 Å². The molecular formula is C41H33IrN3O-2. The number of hydrogen-bond donors (Lipinski definition) is 1. The molecule has 0 aliphatic carbocycles. The topological polar surface area (TPSA) is 58.9 Å². The molecule has 0 aliphatic heterocycles. The van der Waals surface area contributed by atoms with Crippen LogP contribution in [0.25, 0.3) is 33.6 Å². The normalized spacial score (nSPS) is 11.3. The maximum Gasteiger partial charge on any atom is 0.129 e. The quantitative estimate of drug-likeness (QED) is 0.177. The Bertz CT molecular complexity index is 1670. The molecule has 4 nitrogen and oxygen atoms in total. The summed E-state index contributed by atoms with van der Waals surface area (Å²) in [4.78, 5) is 12.7. The second-order valence-corrected chi connectivity index (χ2v) is 10.2. The van der Waals surface area contributed by atoms with Gasteiger partial charge in [0.25, 0.3) is 0 Å². The number of rotatable bonds is 5. The largest absolute Gasteiger partial charge is 0.379 e. The Kier molecular flexibility index (Phi) is 12.8. The average molecular weight is 776 g/mol. The van der Waals surface area contributed by atoms with Gasteiger partial charge in [-0.1, -0.05) is 84.9 Å². The Balaban J connectivity index is 0.000000165. The number of aromatic nitrogens is 3. The molecule has 3 aromatic heterocycles. The summed E-state index contributed by atoms with van der Waals surface area (Å²) in [7, 11) is 0. The van der Waals surface area contributed by atoms with Crippen molar-refractivity contribution in [3.05, 3.63) is 200 Å². The third kappa shape index (κ3) is 9.47.